The predicted molar refractivity (Wildman–Crippen MR) is 228 cm³/mol. The number of aromatic nitrogens is 2. The number of imide groups is 2. The van der Waals surface area contributed by atoms with Gasteiger partial charge in [-0.25, -0.2) is 9.37 Å². The van der Waals surface area contributed by atoms with E-state index in [1.807, 2.05) is 4.90 Å². The zero-order valence-corrected chi connectivity index (χ0v) is 35.8. The zero-order valence-electron chi connectivity index (χ0n) is 35.8. The molecule has 5 heterocycles. The summed E-state index contributed by atoms with van der Waals surface area (Å²) in [6.07, 6.45) is 5.94. The largest absolute Gasteiger partial charge is 0.495 e. The number of alkyl halides is 2. The summed E-state index contributed by atoms with van der Waals surface area (Å²) in [7, 11) is 2.61. The van der Waals surface area contributed by atoms with Crippen LogP contribution in [0.15, 0.2) is 36.5 Å². The van der Waals surface area contributed by atoms with E-state index in [0.717, 1.165) is 28.7 Å². The molecule has 6 aliphatic rings. The van der Waals surface area contributed by atoms with E-state index in [2.05, 4.69) is 31.2 Å². The maximum atomic E-state index is 15.6. The summed E-state index contributed by atoms with van der Waals surface area (Å²) in [4.78, 5) is 90.6. The number of hydrogen-bond donors (Lipinski definition) is 5. The maximum absolute atomic E-state index is 15.6. The number of nitrogens with zero attached hydrogens (tertiary/aromatic N) is 6. The van der Waals surface area contributed by atoms with E-state index in [4.69, 9.17) is 4.74 Å². The Morgan fingerprint density at radius 3 is 2.51 bits per heavy atom. The minimum Gasteiger partial charge on any atom is -0.495 e. The Morgan fingerprint density at radius 1 is 1.03 bits per heavy atom. The normalized spacial score (nSPS) is 22.2. The van der Waals surface area contributed by atoms with Gasteiger partial charge in [0, 0.05) is 56.9 Å². The average Bonchev–Trinajstić information content (AvgIpc) is 3.86. The molecule has 2 unspecified atom stereocenters. The van der Waals surface area contributed by atoms with Crippen molar-refractivity contribution in [1.82, 2.24) is 30.4 Å². The van der Waals surface area contributed by atoms with Crippen molar-refractivity contribution in [2.45, 2.75) is 94.5 Å². The molecule has 4 fully saturated rings. The number of piperidine rings is 1. The Labute approximate surface area is 371 Å². The highest BCUT2D eigenvalue weighted by Crippen LogP contribution is 2.49. The van der Waals surface area contributed by atoms with Gasteiger partial charge in [-0.1, -0.05) is 18.9 Å². The highest BCUT2D eigenvalue weighted by atomic mass is 19.3. The molecule has 2 atom stereocenters. The molecule has 5 N–H and O–H groups in total. The fraction of sp³-hybridized carbons (Fsp3) is 0.500. The van der Waals surface area contributed by atoms with Crippen LogP contribution < -0.4 is 35.8 Å². The molecule has 18 nitrogen and oxygen atoms in total. The Balaban J connectivity index is 0.754. The molecule has 9 rings (SSSR count). The van der Waals surface area contributed by atoms with Crippen LogP contribution >= 0.6 is 0 Å². The van der Waals surface area contributed by atoms with Crippen molar-refractivity contribution < 1.29 is 51.8 Å². The number of benzene rings is 2. The molecular weight excluding hydrogens is 854 g/mol. The first kappa shape index (κ1) is 43.9. The van der Waals surface area contributed by atoms with Crippen molar-refractivity contribution in [3.63, 3.8) is 0 Å². The van der Waals surface area contributed by atoms with Gasteiger partial charge in [-0.2, -0.15) is 13.8 Å². The molecule has 3 aromatic rings. The summed E-state index contributed by atoms with van der Waals surface area (Å²) in [6.45, 7) is 0.798. The molecule has 6 amide bonds. The fourth-order valence-electron chi connectivity index (χ4n) is 10.2. The summed E-state index contributed by atoms with van der Waals surface area (Å²) >= 11 is 0. The molecule has 0 bridgehead atoms. The van der Waals surface area contributed by atoms with Crippen LogP contribution in [0.4, 0.5) is 42.0 Å². The Bertz CT molecular complexity index is 2470. The van der Waals surface area contributed by atoms with Crippen LogP contribution in [-0.4, -0.2) is 131 Å². The number of ether oxygens (including phenoxy) is 1. The van der Waals surface area contributed by atoms with Crippen LogP contribution in [0.1, 0.15) is 95.3 Å². The second-order valence-corrected chi connectivity index (χ2v) is 17.9. The third kappa shape index (κ3) is 8.08. The number of hydrogen-bond acceptors (Lipinski definition) is 14. The number of nitrogens with one attached hydrogen (secondary N) is 4. The van der Waals surface area contributed by atoms with Gasteiger partial charge >= 0.3 is 5.92 Å². The Morgan fingerprint density at radius 2 is 1.78 bits per heavy atom. The van der Waals surface area contributed by atoms with Crippen LogP contribution in [0.2, 0.25) is 0 Å². The molecule has 2 aliphatic carbocycles. The van der Waals surface area contributed by atoms with Crippen molar-refractivity contribution in [2.75, 3.05) is 60.8 Å². The van der Waals surface area contributed by atoms with Crippen molar-refractivity contribution in [3.8, 4) is 5.75 Å². The quantitative estimate of drug-likeness (QED) is 0.123. The Hall–Kier alpha value is -6.35. The number of carbonyl (C=O) groups excluding carboxylic acids is 6. The van der Waals surface area contributed by atoms with Crippen molar-refractivity contribution in [2.24, 2.45) is 5.41 Å². The van der Waals surface area contributed by atoms with E-state index < -0.39 is 66.0 Å². The lowest BCUT2D eigenvalue weighted by Crippen LogP contribution is -2.68. The van der Waals surface area contributed by atoms with Gasteiger partial charge in [-0.05, 0) is 68.6 Å². The van der Waals surface area contributed by atoms with Crippen molar-refractivity contribution >= 4 is 64.3 Å². The van der Waals surface area contributed by atoms with Crippen LogP contribution in [0.25, 0.3) is 0 Å². The average molecular weight is 903 g/mol. The van der Waals surface area contributed by atoms with Crippen LogP contribution in [-0.2, 0) is 14.4 Å². The standard InChI is InChI=1S/C44H49F3N10O8/c1-54-31-19-49-42(53-36(31)56(24-7-3-4-8-24)22-44(46,47)41(54)64)51-29-16-27(45)26(15-32(29)65-2)37(60)50-23-17-43(18-23)20-55(21-43)34(59)11-6-14-48-28-10-5-9-25-35(28)40(63)57(39(25)62)30-12-13-33(58)52-38(30)61/h5,9-10,15-16,19,23-24,30,34,48,59H,3-4,6-8,11-14,17-18,20-22H2,1-2H3,(H,50,60)(H,49,51,53)(H,52,58,61). The first-order valence-corrected chi connectivity index (χ1v) is 21.8. The van der Waals surface area contributed by atoms with E-state index in [1.165, 1.54) is 37.4 Å². The Kier molecular flexibility index (Phi) is 11.4. The highest BCUT2D eigenvalue weighted by Gasteiger charge is 2.54. The van der Waals surface area contributed by atoms with Gasteiger partial charge in [0.05, 0.1) is 42.2 Å². The summed E-state index contributed by atoms with van der Waals surface area (Å²) in [5.41, 5.74) is 0.670. The van der Waals surface area contributed by atoms with Crippen LogP contribution in [0.3, 0.4) is 0 Å². The second kappa shape index (κ2) is 16.9. The number of amides is 6. The number of methoxy groups -OCH3 is 1. The van der Waals surface area contributed by atoms with Gasteiger partial charge in [0.2, 0.25) is 17.8 Å². The van der Waals surface area contributed by atoms with E-state index in [0.29, 0.717) is 63.8 Å². The second-order valence-electron chi connectivity index (χ2n) is 17.9. The first-order chi connectivity index (χ1) is 31.1. The van der Waals surface area contributed by atoms with E-state index in [9.17, 15) is 33.9 Å². The molecule has 2 saturated heterocycles. The number of aliphatic hydroxyl groups is 1. The van der Waals surface area contributed by atoms with Gasteiger partial charge in [-0.3, -0.25) is 43.9 Å². The van der Waals surface area contributed by atoms with E-state index in [-0.39, 0.29) is 75.9 Å². The smallest absolute Gasteiger partial charge is 0.342 e. The molecule has 1 aromatic heterocycles. The lowest BCUT2D eigenvalue weighted by Gasteiger charge is -2.60. The number of aliphatic hydroxyl groups excluding tert-OH is 1. The number of halogens is 3. The van der Waals surface area contributed by atoms with Crippen LogP contribution in [0.5, 0.6) is 5.75 Å². The lowest BCUT2D eigenvalue weighted by atomic mass is 9.60. The number of carbonyl (C=O) groups is 6. The third-order valence-corrected chi connectivity index (χ3v) is 13.5. The molecule has 0 radical (unpaired) electrons. The maximum Gasteiger partial charge on any atom is 0.342 e. The lowest BCUT2D eigenvalue weighted by molar-refractivity contribution is -0.151. The number of rotatable bonds is 13. The molecule has 65 heavy (non-hydrogen) atoms. The first-order valence-electron chi connectivity index (χ1n) is 21.8. The number of likely N-dealkylation sites (tertiary alicyclic amines) is 1. The van der Waals surface area contributed by atoms with Gasteiger partial charge in [0.1, 0.15) is 29.5 Å². The topological polar surface area (TPSA) is 219 Å². The highest BCUT2D eigenvalue weighted by molar-refractivity contribution is 6.25. The molecule has 4 aliphatic heterocycles. The summed E-state index contributed by atoms with van der Waals surface area (Å²) in [6, 6.07) is 5.66. The molecule has 21 heteroatoms. The minimum atomic E-state index is -3.65. The van der Waals surface area contributed by atoms with Gasteiger partial charge < -0.3 is 35.6 Å². The number of anilines is 5. The van der Waals surface area contributed by atoms with Gasteiger partial charge in [0.25, 0.3) is 23.6 Å². The monoisotopic (exact) mass is 902 g/mol. The van der Waals surface area contributed by atoms with Gasteiger partial charge in [-0.15, -0.1) is 0 Å². The third-order valence-electron chi connectivity index (χ3n) is 13.5. The summed E-state index contributed by atoms with van der Waals surface area (Å²) < 4.78 is 51.2. The molecule has 1 spiro atoms. The van der Waals surface area contributed by atoms with Crippen LogP contribution in [0, 0.1) is 11.2 Å². The molecular formula is C44H49F3N10O8. The fourth-order valence-corrected chi connectivity index (χ4v) is 10.2. The van der Waals surface area contributed by atoms with Crippen molar-refractivity contribution in [3.05, 3.63) is 59.0 Å². The molecule has 2 saturated carbocycles. The zero-order chi connectivity index (χ0) is 45.9. The minimum absolute atomic E-state index is 0.0259. The molecule has 344 valence electrons. The van der Waals surface area contributed by atoms with E-state index in [1.54, 1.807) is 12.1 Å². The SMILES string of the molecule is COc1cc(C(=O)NC2CC3(C2)CN(C(O)CCCNc2cccc4c2C(=O)N(C2CCC(=O)NC2=O)C4=O)C3)c(F)cc1Nc1ncc2c(n1)N(C1CCCC1)CC(F)(F)C(=O)N2C. The van der Waals surface area contributed by atoms with Crippen molar-refractivity contribution in [1.29, 1.82) is 0 Å². The summed E-state index contributed by atoms with van der Waals surface area (Å²) in [5, 5.41) is 22.1. The summed E-state index contributed by atoms with van der Waals surface area (Å²) in [5.74, 6) is -8.57. The predicted octanol–water partition coefficient (Wildman–Crippen LogP) is 3.53. The van der Waals surface area contributed by atoms with Gasteiger partial charge in [0.15, 0.2) is 5.82 Å². The number of fused-ring (bicyclic) bond motifs is 2. The van der Waals surface area contributed by atoms with E-state index >= 15 is 13.2 Å². The molecule has 2 aromatic carbocycles.